The Labute approximate surface area is 236 Å². The number of carbonyl (C=O) groups is 2. The first-order valence-electron chi connectivity index (χ1n) is 14.3. The molecule has 1 amide bonds. The van der Waals surface area contributed by atoms with Crippen LogP contribution in [-0.2, 0) is 31.7 Å². The highest BCUT2D eigenvalue weighted by molar-refractivity contribution is 5.77. The van der Waals surface area contributed by atoms with Gasteiger partial charge < -0.3 is 20.5 Å². The first-order chi connectivity index (χ1) is 18.9. The highest BCUT2D eigenvalue weighted by Crippen LogP contribution is 2.38. The van der Waals surface area contributed by atoms with Gasteiger partial charge in [0.15, 0.2) is 0 Å². The number of methoxy groups -OCH3 is 1. The maximum Gasteiger partial charge on any atom is 0.305 e. The zero-order valence-corrected chi connectivity index (χ0v) is 24.2. The number of hydrogen-bond acceptors (Lipinski definition) is 5. The fourth-order valence-corrected chi connectivity index (χ4v) is 5.49. The first-order valence-corrected chi connectivity index (χ1v) is 14.3. The summed E-state index contributed by atoms with van der Waals surface area (Å²) < 4.78 is 32.5. The monoisotopic (exact) mass is 558 g/mol. The minimum absolute atomic E-state index is 0.00510. The third-order valence-electron chi connectivity index (χ3n) is 7.84. The van der Waals surface area contributed by atoms with Gasteiger partial charge in [0.1, 0.15) is 11.6 Å². The summed E-state index contributed by atoms with van der Waals surface area (Å²) >= 11 is 0. The number of esters is 1. The number of halogens is 2. The van der Waals surface area contributed by atoms with Crippen molar-refractivity contribution in [3.05, 3.63) is 70.8 Å². The molecule has 1 saturated carbocycles. The normalized spacial score (nSPS) is 16.7. The lowest BCUT2D eigenvalue weighted by atomic mass is 9.74. The second-order valence-electron chi connectivity index (χ2n) is 12.0. The van der Waals surface area contributed by atoms with Crippen molar-refractivity contribution < 1.29 is 28.2 Å². The molecule has 0 spiro atoms. The van der Waals surface area contributed by atoms with Gasteiger partial charge in [-0.15, -0.1) is 0 Å². The van der Waals surface area contributed by atoms with E-state index in [0.717, 1.165) is 38.2 Å². The Kier molecular flexibility index (Phi) is 11.2. The van der Waals surface area contributed by atoms with Crippen molar-refractivity contribution in [2.75, 3.05) is 13.7 Å². The van der Waals surface area contributed by atoms with Crippen molar-refractivity contribution in [3.8, 4) is 0 Å². The van der Waals surface area contributed by atoms with E-state index >= 15 is 0 Å². The van der Waals surface area contributed by atoms with Crippen LogP contribution in [0, 0.1) is 11.6 Å². The van der Waals surface area contributed by atoms with Crippen molar-refractivity contribution >= 4 is 11.9 Å². The van der Waals surface area contributed by atoms with Crippen molar-refractivity contribution in [2.45, 2.75) is 102 Å². The standard InChI is InChI=1S/C32H44F2N2O4/c1-31(2,3)23-10-8-11-24(19-23)32(14-6-5-7-15-32)35-21-28(37)27(18-22-16-25(33)20-26(34)17-22)36-29(38)12-9-13-30(39)40-4/h8,10-11,16-17,19-20,27-28,35,37H,5-7,9,12-15,18,21H2,1-4H3,(H,36,38)/t27-,28+/m0/s1. The molecule has 8 heteroatoms. The van der Waals surface area contributed by atoms with Gasteiger partial charge in [0, 0.05) is 31.0 Å². The van der Waals surface area contributed by atoms with Gasteiger partial charge in [-0.05, 0) is 59.9 Å². The molecule has 0 unspecified atom stereocenters. The second kappa shape index (κ2) is 14.2. The average molecular weight is 559 g/mol. The molecule has 220 valence electrons. The van der Waals surface area contributed by atoms with Gasteiger partial charge >= 0.3 is 5.97 Å². The van der Waals surface area contributed by atoms with Gasteiger partial charge in [0.25, 0.3) is 0 Å². The summed E-state index contributed by atoms with van der Waals surface area (Å²) in [6, 6.07) is 11.0. The number of nitrogens with one attached hydrogen (secondary N) is 2. The lowest BCUT2D eigenvalue weighted by molar-refractivity contribution is -0.140. The third kappa shape index (κ3) is 9.10. The number of aliphatic hydroxyl groups is 1. The van der Waals surface area contributed by atoms with Gasteiger partial charge in [-0.25, -0.2) is 8.78 Å². The Morgan fingerprint density at radius 3 is 2.33 bits per heavy atom. The molecule has 0 aliphatic heterocycles. The fraction of sp³-hybridized carbons (Fsp3) is 0.562. The van der Waals surface area contributed by atoms with Gasteiger partial charge in [-0.1, -0.05) is 64.3 Å². The van der Waals surface area contributed by atoms with E-state index < -0.39 is 29.7 Å². The molecule has 40 heavy (non-hydrogen) atoms. The molecule has 1 fully saturated rings. The second-order valence-corrected chi connectivity index (χ2v) is 12.0. The van der Waals surface area contributed by atoms with E-state index in [1.54, 1.807) is 0 Å². The number of hydrogen-bond donors (Lipinski definition) is 3. The quantitative estimate of drug-likeness (QED) is 0.302. The number of ether oxygens (including phenoxy) is 1. The summed E-state index contributed by atoms with van der Waals surface area (Å²) in [5.74, 6) is -2.19. The van der Waals surface area contributed by atoms with Gasteiger partial charge in [-0.2, -0.15) is 0 Å². The molecular formula is C32H44F2N2O4. The van der Waals surface area contributed by atoms with E-state index in [1.807, 2.05) is 0 Å². The Hall–Kier alpha value is -2.84. The van der Waals surface area contributed by atoms with Gasteiger partial charge in [-0.3, -0.25) is 9.59 Å². The van der Waals surface area contributed by atoms with Crippen LogP contribution < -0.4 is 10.6 Å². The smallest absolute Gasteiger partial charge is 0.305 e. The van der Waals surface area contributed by atoms with Crippen LogP contribution in [0.4, 0.5) is 8.78 Å². The zero-order valence-electron chi connectivity index (χ0n) is 24.2. The lowest BCUT2D eigenvalue weighted by Gasteiger charge is -2.41. The van der Waals surface area contributed by atoms with Crippen LogP contribution in [0.1, 0.15) is 88.8 Å². The van der Waals surface area contributed by atoms with Crippen LogP contribution in [0.2, 0.25) is 0 Å². The summed E-state index contributed by atoms with van der Waals surface area (Å²) in [6.45, 7) is 6.74. The predicted octanol–water partition coefficient (Wildman–Crippen LogP) is 5.44. The topological polar surface area (TPSA) is 87.7 Å². The number of aliphatic hydroxyl groups excluding tert-OH is 1. The largest absolute Gasteiger partial charge is 0.469 e. The Bertz CT molecular complexity index is 1120. The van der Waals surface area contributed by atoms with Crippen LogP contribution >= 0.6 is 0 Å². The highest BCUT2D eigenvalue weighted by atomic mass is 19.1. The Morgan fingerprint density at radius 1 is 1.02 bits per heavy atom. The van der Waals surface area contributed by atoms with Crippen molar-refractivity contribution in [1.82, 2.24) is 10.6 Å². The minimum Gasteiger partial charge on any atom is -0.469 e. The van der Waals surface area contributed by atoms with E-state index in [0.29, 0.717) is 12.0 Å². The van der Waals surface area contributed by atoms with Gasteiger partial charge in [0.05, 0.1) is 19.3 Å². The molecule has 3 N–H and O–H groups in total. The van der Waals surface area contributed by atoms with Crippen molar-refractivity contribution in [1.29, 1.82) is 0 Å². The summed E-state index contributed by atoms with van der Waals surface area (Å²) in [7, 11) is 1.29. The van der Waals surface area contributed by atoms with Crippen LogP contribution in [0.25, 0.3) is 0 Å². The molecule has 0 aromatic heterocycles. The van der Waals surface area contributed by atoms with Crippen LogP contribution in [-0.4, -0.2) is 42.8 Å². The average Bonchev–Trinajstić information content (AvgIpc) is 2.91. The Morgan fingerprint density at radius 2 is 1.70 bits per heavy atom. The van der Waals surface area contributed by atoms with Crippen molar-refractivity contribution in [3.63, 3.8) is 0 Å². The minimum atomic E-state index is -1.03. The van der Waals surface area contributed by atoms with Crippen LogP contribution in [0.15, 0.2) is 42.5 Å². The number of benzene rings is 2. The van der Waals surface area contributed by atoms with Crippen LogP contribution in [0.5, 0.6) is 0 Å². The molecule has 2 atom stereocenters. The first kappa shape index (κ1) is 31.7. The number of carbonyl (C=O) groups excluding carboxylic acids is 2. The number of rotatable bonds is 12. The summed E-state index contributed by atoms with van der Waals surface area (Å²) in [4.78, 5) is 24.1. The third-order valence-corrected chi connectivity index (χ3v) is 7.84. The Balaban J connectivity index is 1.79. The van der Waals surface area contributed by atoms with E-state index in [9.17, 15) is 23.5 Å². The van der Waals surface area contributed by atoms with Crippen LogP contribution in [0.3, 0.4) is 0 Å². The molecule has 0 bridgehead atoms. The molecule has 2 aromatic rings. The molecule has 3 rings (SSSR count). The molecule has 0 saturated heterocycles. The predicted molar refractivity (Wildman–Crippen MR) is 152 cm³/mol. The molecular weight excluding hydrogens is 514 g/mol. The highest BCUT2D eigenvalue weighted by Gasteiger charge is 2.35. The van der Waals surface area contributed by atoms with E-state index in [1.165, 1.54) is 30.4 Å². The zero-order chi connectivity index (χ0) is 29.3. The van der Waals surface area contributed by atoms with Gasteiger partial charge in [0.2, 0.25) is 5.91 Å². The van der Waals surface area contributed by atoms with E-state index in [4.69, 9.17) is 0 Å². The molecule has 1 aliphatic carbocycles. The fourth-order valence-electron chi connectivity index (χ4n) is 5.49. The molecule has 2 aromatic carbocycles. The summed E-state index contributed by atoms with van der Waals surface area (Å²) in [5, 5.41) is 17.8. The summed E-state index contributed by atoms with van der Waals surface area (Å²) in [5.41, 5.74) is 2.43. The van der Waals surface area contributed by atoms with Crippen molar-refractivity contribution in [2.24, 2.45) is 0 Å². The lowest BCUT2D eigenvalue weighted by Crippen LogP contribution is -2.53. The maximum absolute atomic E-state index is 13.9. The van der Waals surface area contributed by atoms with E-state index in [-0.39, 0.29) is 42.7 Å². The van der Waals surface area contributed by atoms with E-state index in [2.05, 4.69) is 60.4 Å². The molecule has 0 heterocycles. The molecule has 0 radical (unpaired) electrons. The molecule has 1 aliphatic rings. The maximum atomic E-state index is 13.9. The summed E-state index contributed by atoms with van der Waals surface area (Å²) in [6.07, 6.45) is 4.60. The molecule has 6 nitrogen and oxygen atoms in total. The SMILES string of the molecule is COC(=O)CCCC(=O)N[C@@H](Cc1cc(F)cc(F)c1)[C@H](O)CNC1(c2cccc(C(C)(C)C)c2)CCCCC1. The number of amides is 1.